The number of nitro groups is 1. The number of benzene rings is 1. The largest absolute Gasteiger partial charge is 0.325 e. The molecule has 0 unspecified atom stereocenters. The van der Waals surface area contributed by atoms with Crippen LogP contribution in [0.2, 0.25) is 0 Å². The van der Waals surface area contributed by atoms with Crippen LogP contribution in [0, 0.1) is 10.1 Å². The third-order valence-electron chi connectivity index (χ3n) is 1.46. The number of nitrogens with one attached hydrogen (secondary N) is 1. The molecule has 74 valence electrons. The molecule has 1 aromatic rings. The van der Waals surface area contributed by atoms with Crippen molar-refractivity contribution in [2.24, 2.45) is 0 Å². The van der Waals surface area contributed by atoms with E-state index in [-0.39, 0.29) is 16.9 Å². The van der Waals surface area contributed by atoms with Crippen LogP contribution in [0.4, 0.5) is 11.4 Å². The second-order valence-electron chi connectivity index (χ2n) is 2.49. The van der Waals surface area contributed by atoms with Gasteiger partial charge in [0.1, 0.15) is 0 Å². The highest BCUT2D eigenvalue weighted by Gasteiger charge is 2.06. The van der Waals surface area contributed by atoms with Gasteiger partial charge in [-0.2, -0.15) is 0 Å². The Labute approximate surface area is 88.4 Å². The van der Waals surface area contributed by atoms with Crippen molar-refractivity contribution in [3.05, 3.63) is 34.4 Å². The zero-order chi connectivity index (χ0) is 10.6. The Morgan fingerprint density at radius 3 is 2.86 bits per heavy atom. The van der Waals surface area contributed by atoms with Gasteiger partial charge in [-0.05, 0) is 6.07 Å². The Balaban J connectivity index is 2.83. The van der Waals surface area contributed by atoms with Gasteiger partial charge in [0.05, 0.1) is 10.3 Å². The van der Waals surface area contributed by atoms with E-state index in [2.05, 4.69) is 21.2 Å². The van der Waals surface area contributed by atoms with Gasteiger partial charge < -0.3 is 5.32 Å². The molecular formula is C8H7BrN2O3. The first kappa shape index (κ1) is 10.6. The molecule has 0 aliphatic carbocycles. The highest BCUT2D eigenvalue weighted by Crippen LogP contribution is 2.16. The maximum Gasteiger partial charge on any atom is 0.271 e. The molecule has 0 saturated heterocycles. The number of rotatable bonds is 3. The van der Waals surface area contributed by atoms with Crippen molar-refractivity contribution in [1.29, 1.82) is 0 Å². The topological polar surface area (TPSA) is 72.2 Å². The van der Waals surface area contributed by atoms with Crippen molar-refractivity contribution in [2.75, 3.05) is 10.6 Å². The summed E-state index contributed by atoms with van der Waals surface area (Å²) < 4.78 is 0. The lowest BCUT2D eigenvalue weighted by Crippen LogP contribution is -2.12. The minimum Gasteiger partial charge on any atom is -0.325 e. The molecule has 6 heteroatoms. The quantitative estimate of drug-likeness (QED) is 0.512. The van der Waals surface area contributed by atoms with Gasteiger partial charge in [0.15, 0.2) is 0 Å². The van der Waals surface area contributed by atoms with E-state index in [9.17, 15) is 14.9 Å². The van der Waals surface area contributed by atoms with Gasteiger partial charge in [0, 0.05) is 17.8 Å². The molecular weight excluding hydrogens is 252 g/mol. The van der Waals surface area contributed by atoms with E-state index in [1.165, 1.54) is 18.2 Å². The second-order valence-corrected chi connectivity index (χ2v) is 3.05. The van der Waals surface area contributed by atoms with Crippen molar-refractivity contribution in [3.63, 3.8) is 0 Å². The van der Waals surface area contributed by atoms with Crippen molar-refractivity contribution in [1.82, 2.24) is 0 Å². The van der Waals surface area contributed by atoms with E-state index in [4.69, 9.17) is 0 Å². The second kappa shape index (κ2) is 4.71. The van der Waals surface area contributed by atoms with Gasteiger partial charge >= 0.3 is 0 Å². The van der Waals surface area contributed by atoms with Crippen LogP contribution >= 0.6 is 15.9 Å². The summed E-state index contributed by atoms with van der Waals surface area (Å²) in [4.78, 5) is 20.8. The summed E-state index contributed by atoms with van der Waals surface area (Å²) in [7, 11) is 0. The van der Waals surface area contributed by atoms with Crippen LogP contribution in [-0.4, -0.2) is 16.2 Å². The monoisotopic (exact) mass is 258 g/mol. The highest BCUT2D eigenvalue weighted by molar-refractivity contribution is 9.09. The van der Waals surface area contributed by atoms with Gasteiger partial charge in [-0.15, -0.1) is 0 Å². The van der Waals surface area contributed by atoms with Crippen LogP contribution in [0.1, 0.15) is 0 Å². The zero-order valence-electron chi connectivity index (χ0n) is 7.07. The van der Waals surface area contributed by atoms with Gasteiger partial charge in [-0.25, -0.2) is 0 Å². The number of nitro benzene ring substituents is 1. The van der Waals surface area contributed by atoms with E-state index in [0.29, 0.717) is 5.69 Å². The Kier molecular flexibility index (Phi) is 3.58. The molecule has 0 aliphatic rings. The van der Waals surface area contributed by atoms with E-state index in [1.54, 1.807) is 6.07 Å². The first-order valence-corrected chi connectivity index (χ1v) is 4.86. The van der Waals surface area contributed by atoms with Gasteiger partial charge in [-0.3, -0.25) is 14.9 Å². The minimum atomic E-state index is -0.510. The van der Waals surface area contributed by atoms with E-state index >= 15 is 0 Å². The molecule has 1 rings (SSSR count). The number of anilines is 1. The SMILES string of the molecule is O=C(CBr)Nc1cccc([N+](=O)[O-])c1. The van der Waals surface area contributed by atoms with Gasteiger partial charge in [0.2, 0.25) is 5.91 Å². The Morgan fingerprint density at radius 2 is 2.29 bits per heavy atom. The predicted molar refractivity (Wildman–Crippen MR) is 55.5 cm³/mol. The summed E-state index contributed by atoms with van der Waals surface area (Å²) in [6.45, 7) is 0. The molecule has 1 aromatic carbocycles. The number of halogens is 1. The molecule has 0 aromatic heterocycles. The zero-order valence-corrected chi connectivity index (χ0v) is 8.65. The summed E-state index contributed by atoms with van der Waals surface area (Å²) >= 11 is 2.97. The number of alkyl halides is 1. The van der Waals surface area contributed by atoms with E-state index < -0.39 is 4.92 Å². The molecule has 1 N–H and O–H groups in total. The van der Waals surface area contributed by atoms with Crippen molar-refractivity contribution < 1.29 is 9.72 Å². The third-order valence-corrected chi connectivity index (χ3v) is 1.97. The minimum absolute atomic E-state index is 0.0441. The first-order valence-electron chi connectivity index (χ1n) is 3.74. The summed E-state index contributed by atoms with van der Waals surface area (Å²) in [5, 5.41) is 13.1. The standard InChI is InChI=1S/C8H7BrN2O3/c9-5-8(12)10-6-2-1-3-7(4-6)11(13)14/h1-4H,5H2,(H,10,12). The molecule has 0 atom stereocenters. The number of carbonyl (C=O) groups excluding carboxylic acids is 1. The van der Waals surface area contributed by atoms with Crippen LogP contribution in [-0.2, 0) is 4.79 Å². The summed E-state index contributed by atoms with van der Waals surface area (Å²) in [5.74, 6) is -0.245. The van der Waals surface area contributed by atoms with E-state index in [1.807, 2.05) is 0 Å². The Morgan fingerprint density at radius 1 is 1.57 bits per heavy atom. The maximum atomic E-state index is 10.9. The molecule has 14 heavy (non-hydrogen) atoms. The van der Waals surface area contributed by atoms with Crippen molar-refractivity contribution in [3.8, 4) is 0 Å². The molecule has 0 heterocycles. The lowest BCUT2D eigenvalue weighted by atomic mass is 10.3. The van der Waals surface area contributed by atoms with E-state index in [0.717, 1.165) is 0 Å². The number of nitrogens with zero attached hydrogens (tertiary/aromatic N) is 1. The number of hydrogen-bond donors (Lipinski definition) is 1. The van der Waals surface area contributed by atoms with Crippen molar-refractivity contribution in [2.45, 2.75) is 0 Å². The normalized spacial score (nSPS) is 9.50. The number of amides is 1. The number of carbonyl (C=O) groups is 1. The van der Waals surface area contributed by atoms with Crippen LogP contribution < -0.4 is 5.32 Å². The molecule has 0 saturated carbocycles. The summed E-state index contributed by atoms with van der Waals surface area (Å²) in [6, 6.07) is 5.78. The number of hydrogen-bond acceptors (Lipinski definition) is 3. The van der Waals surface area contributed by atoms with Crippen molar-refractivity contribution >= 4 is 33.2 Å². The molecule has 0 radical (unpaired) electrons. The molecule has 1 amide bonds. The fourth-order valence-corrected chi connectivity index (χ4v) is 1.03. The molecule has 0 aliphatic heterocycles. The molecule has 5 nitrogen and oxygen atoms in total. The lowest BCUT2D eigenvalue weighted by molar-refractivity contribution is -0.384. The molecule has 0 spiro atoms. The van der Waals surface area contributed by atoms with Crippen LogP contribution in [0.5, 0.6) is 0 Å². The average Bonchev–Trinajstić information content (AvgIpc) is 2.18. The maximum absolute atomic E-state index is 10.9. The van der Waals surface area contributed by atoms with Gasteiger partial charge in [-0.1, -0.05) is 22.0 Å². The summed E-state index contributed by atoms with van der Waals surface area (Å²) in [6.07, 6.45) is 0. The fourth-order valence-electron chi connectivity index (χ4n) is 0.892. The average molecular weight is 259 g/mol. The fraction of sp³-hybridized carbons (Fsp3) is 0.125. The third kappa shape index (κ3) is 2.81. The molecule has 0 fully saturated rings. The van der Waals surface area contributed by atoms with Crippen LogP contribution in [0.15, 0.2) is 24.3 Å². The summed E-state index contributed by atoms with van der Waals surface area (Å²) in [5.41, 5.74) is 0.376. The molecule has 0 bridgehead atoms. The Hall–Kier alpha value is -1.43. The predicted octanol–water partition coefficient (Wildman–Crippen LogP) is 1.93. The first-order chi connectivity index (χ1) is 6.63. The lowest BCUT2D eigenvalue weighted by Gasteiger charge is -2.01. The number of non-ortho nitro benzene ring substituents is 1. The van der Waals surface area contributed by atoms with Crippen LogP contribution in [0.25, 0.3) is 0 Å². The smallest absolute Gasteiger partial charge is 0.271 e. The van der Waals surface area contributed by atoms with Gasteiger partial charge in [0.25, 0.3) is 5.69 Å². The van der Waals surface area contributed by atoms with Crippen LogP contribution in [0.3, 0.4) is 0 Å². The highest BCUT2D eigenvalue weighted by atomic mass is 79.9. The Bertz CT molecular complexity index is 367.